The molecule has 1 heterocycles. The summed E-state index contributed by atoms with van der Waals surface area (Å²) in [5.41, 5.74) is 0.838. The minimum atomic E-state index is -0.588. The van der Waals surface area contributed by atoms with E-state index in [9.17, 15) is 14.7 Å². The average molecular weight is 330 g/mol. The standard InChI is InChI=1S/C19H26N2O3/c1-20(13-16(22)14-10-11-14)19(24)18(15-7-3-2-4-8-15)21-12-6-5-9-17(21)23/h2-4,7-8,14,16,18,22H,5-6,9-13H2,1H3. The van der Waals surface area contributed by atoms with E-state index in [1.54, 1.807) is 16.8 Å². The molecule has 1 aromatic rings. The number of amides is 2. The van der Waals surface area contributed by atoms with Gasteiger partial charge in [0.2, 0.25) is 11.8 Å². The van der Waals surface area contributed by atoms with Crippen LogP contribution in [0.15, 0.2) is 30.3 Å². The van der Waals surface area contributed by atoms with Gasteiger partial charge in [-0.05, 0) is 37.2 Å². The summed E-state index contributed by atoms with van der Waals surface area (Å²) in [7, 11) is 1.72. The van der Waals surface area contributed by atoms with E-state index in [2.05, 4.69) is 0 Å². The summed E-state index contributed by atoms with van der Waals surface area (Å²) >= 11 is 0. The second-order valence-corrected chi connectivity index (χ2v) is 6.98. The van der Waals surface area contributed by atoms with Gasteiger partial charge in [-0.2, -0.15) is 0 Å². The maximum Gasteiger partial charge on any atom is 0.249 e. The fraction of sp³-hybridized carbons (Fsp3) is 0.579. The lowest BCUT2D eigenvalue weighted by Crippen LogP contribution is -2.47. The Labute approximate surface area is 143 Å². The van der Waals surface area contributed by atoms with Crippen LogP contribution in [0.3, 0.4) is 0 Å². The Balaban J connectivity index is 1.80. The molecule has 2 fully saturated rings. The number of aliphatic hydroxyl groups excluding tert-OH is 1. The number of rotatable bonds is 6. The van der Waals surface area contributed by atoms with E-state index in [1.165, 1.54) is 0 Å². The van der Waals surface area contributed by atoms with Crippen LogP contribution in [-0.4, -0.2) is 53.0 Å². The molecular weight excluding hydrogens is 304 g/mol. The quantitative estimate of drug-likeness (QED) is 0.867. The van der Waals surface area contributed by atoms with Crippen LogP contribution in [-0.2, 0) is 9.59 Å². The van der Waals surface area contributed by atoms with Crippen molar-refractivity contribution in [2.45, 2.75) is 44.2 Å². The zero-order valence-electron chi connectivity index (χ0n) is 14.2. The Hall–Kier alpha value is -1.88. The molecule has 130 valence electrons. The van der Waals surface area contributed by atoms with Gasteiger partial charge in [-0.3, -0.25) is 9.59 Å². The Bertz CT molecular complexity index is 586. The molecule has 5 heteroatoms. The summed E-state index contributed by atoms with van der Waals surface area (Å²) in [5.74, 6) is 0.253. The van der Waals surface area contributed by atoms with Gasteiger partial charge in [-0.1, -0.05) is 30.3 Å². The Kier molecular flexibility index (Phi) is 5.19. The summed E-state index contributed by atoms with van der Waals surface area (Å²) in [6.07, 6.45) is 3.93. The van der Waals surface area contributed by atoms with Crippen LogP contribution < -0.4 is 0 Å². The minimum absolute atomic E-state index is 0.0413. The highest BCUT2D eigenvalue weighted by molar-refractivity contribution is 5.89. The molecule has 1 aliphatic carbocycles. The maximum atomic E-state index is 13.1. The highest BCUT2D eigenvalue weighted by Crippen LogP contribution is 2.33. The summed E-state index contributed by atoms with van der Waals surface area (Å²) < 4.78 is 0. The topological polar surface area (TPSA) is 60.9 Å². The number of benzene rings is 1. The number of aliphatic hydroxyl groups is 1. The first kappa shape index (κ1) is 17.0. The van der Waals surface area contributed by atoms with Crippen molar-refractivity contribution in [1.82, 2.24) is 9.80 Å². The summed E-state index contributed by atoms with van der Waals surface area (Å²) in [5, 5.41) is 10.1. The zero-order valence-corrected chi connectivity index (χ0v) is 14.2. The molecule has 0 spiro atoms. The molecule has 3 rings (SSSR count). The van der Waals surface area contributed by atoms with Crippen LogP contribution in [0.4, 0.5) is 0 Å². The molecule has 1 saturated heterocycles. The second kappa shape index (κ2) is 7.34. The Morgan fingerprint density at radius 2 is 2.00 bits per heavy atom. The largest absolute Gasteiger partial charge is 0.391 e. The molecule has 1 saturated carbocycles. The summed E-state index contributed by atoms with van der Waals surface area (Å²) in [6, 6.07) is 8.90. The molecular formula is C19H26N2O3. The second-order valence-electron chi connectivity index (χ2n) is 6.98. The molecule has 2 amide bonds. The number of carbonyl (C=O) groups is 2. The van der Waals surface area contributed by atoms with Gasteiger partial charge in [0, 0.05) is 26.6 Å². The molecule has 24 heavy (non-hydrogen) atoms. The first-order valence-electron chi connectivity index (χ1n) is 8.85. The Morgan fingerprint density at radius 3 is 2.62 bits per heavy atom. The third kappa shape index (κ3) is 3.78. The van der Waals surface area contributed by atoms with Crippen LogP contribution in [0.25, 0.3) is 0 Å². The fourth-order valence-electron chi connectivity index (χ4n) is 3.40. The van der Waals surface area contributed by atoms with Crippen molar-refractivity contribution in [2.75, 3.05) is 20.1 Å². The molecule has 1 N–H and O–H groups in total. The van der Waals surface area contributed by atoms with Crippen LogP contribution in [0, 0.1) is 5.92 Å². The third-order valence-corrected chi connectivity index (χ3v) is 5.02. The molecule has 1 aliphatic heterocycles. The van der Waals surface area contributed by atoms with E-state index < -0.39 is 12.1 Å². The van der Waals surface area contributed by atoms with Gasteiger partial charge in [0.15, 0.2) is 0 Å². The van der Waals surface area contributed by atoms with Gasteiger partial charge in [-0.15, -0.1) is 0 Å². The predicted octanol–water partition coefficient (Wildman–Crippen LogP) is 1.97. The summed E-state index contributed by atoms with van der Waals surface area (Å²) in [6.45, 7) is 0.942. The SMILES string of the molecule is CN(CC(O)C1CC1)C(=O)C(c1ccccc1)N1CCCCC1=O. The minimum Gasteiger partial charge on any atom is -0.391 e. The number of piperidine rings is 1. The summed E-state index contributed by atoms with van der Waals surface area (Å²) in [4.78, 5) is 28.8. The lowest BCUT2D eigenvalue weighted by atomic mass is 10.00. The van der Waals surface area contributed by atoms with Crippen LogP contribution >= 0.6 is 0 Å². The molecule has 2 atom stereocenters. The van der Waals surface area contributed by atoms with Gasteiger partial charge in [0.05, 0.1) is 6.10 Å². The van der Waals surface area contributed by atoms with Gasteiger partial charge in [-0.25, -0.2) is 0 Å². The Morgan fingerprint density at radius 1 is 1.29 bits per heavy atom. The maximum absolute atomic E-state index is 13.1. The number of likely N-dealkylation sites (N-methyl/N-ethyl adjacent to an activating group) is 1. The van der Waals surface area contributed by atoms with Crippen molar-refractivity contribution < 1.29 is 14.7 Å². The van der Waals surface area contributed by atoms with E-state index in [4.69, 9.17) is 0 Å². The number of likely N-dealkylation sites (tertiary alicyclic amines) is 1. The molecule has 2 unspecified atom stereocenters. The van der Waals surface area contributed by atoms with Crippen molar-refractivity contribution in [1.29, 1.82) is 0 Å². The first-order valence-corrected chi connectivity index (χ1v) is 8.85. The van der Waals surface area contributed by atoms with Crippen molar-refractivity contribution in [2.24, 2.45) is 5.92 Å². The van der Waals surface area contributed by atoms with Crippen molar-refractivity contribution in [3.05, 3.63) is 35.9 Å². The van der Waals surface area contributed by atoms with E-state index >= 15 is 0 Å². The van der Waals surface area contributed by atoms with Crippen LogP contribution in [0.5, 0.6) is 0 Å². The molecule has 5 nitrogen and oxygen atoms in total. The number of nitrogens with zero attached hydrogens (tertiary/aromatic N) is 2. The van der Waals surface area contributed by atoms with E-state index in [0.29, 0.717) is 25.4 Å². The highest BCUT2D eigenvalue weighted by atomic mass is 16.3. The van der Waals surface area contributed by atoms with E-state index in [-0.39, 0.29) is 11.8 Å². The smallest absolute Gasteiger partial charge is 0.249 e. The average Bonchev–Trinajstić information content (AvgIpc) is 3.42. The van der Waals surface area contributed by atoms with Crippen LogP contribution in [0.1, 0.15) is 43.7 Å². The molecule has 2 aliphatic rings. The van der Waals surface area contributed by atoms with Crippen molar-refractivity contribution >= 4 is 11.8 Å². The van der Waals surface area contributed by atoms with Crippen molar-refractivity contribution in [3.63, 3.8) is 0 Å². The normalized spacial score (nSPS) is 20.6. The van der Waals surface area contributed by atoms with Gasteiger partial charge < -0.3 is 14.9 Å². The lowest BCUT2D eigenvalue weighted by Gasteiger charge is -2.36. The van der Waals surface area contributed by atoms with E-state index in [1.807, 2.05) is 30.3 Å². The van der Waals surface area contributed by atoms with Crippen molar-refractivity contribution in [3.8, 4) is 0 Å². The monoisotopic (exact) mass is 330 g/mol. The van der Waals surface area contributed by atoms with Gasteiger partial charge in [0.1, 0.15) is 6.04 Å². The first-order chi connectivity index (χ1) is 11.6. The van der Waals surface area contributed by atoms with Crippen LogP contribution in [0.2, 0.25) is 0 Å². The van der Waals surface area contributed by atoms with Gasteiger partial charge >= 0.3 is 0 Å². The molecule has 1 aromatic carbocycles. The molecule has 0 aromatic heterocycles. The van der Waals surface area contributed by atoms with E-state index in [0.717, 1.165) is 31.2 Å². The number of carbonyl (C=O) groups excluding carboxylic acids is 2. The number of hydrogen-bond acceptors (Lipinski definition) is 3. The highest BCUT2D eigenvalue weighted by Gasteiger charge is 2.36. The lowest BCUT2D eigenvalue weighted by molar-refractivity contribution is -0.147. The van der Waals surface area contributed by atoms with Gasteiger partial charge in [0.25, 0.3) is 0 Å². The fourth-order valence-corrected chi connectivity index (χ4v) is 3.40. The molecule has 0 radical (unpaired) electrons. The number of hydrogen-bond donors (Lipinski definition) is 1. The predicted molar refractivity (Wildman–Crippen MR) is 91.1 cm³/mol. The zero-order chi connectivity index (χ0) is 17.1. The molecule has 0 bridgehead atoms. The third-order valence-electron chi connectivity index (χ3n) is 5.02.